The molecule has 0 radical (unpaired) electrons. The molecule has 0 N–H and O–H groups in total. The predicted molar refractivity (Wildman–Crippen MR) is 112 cm³/mol. The fraction of sp³-hybridized carbons (Fsp3) is 0.455. The number of aryl methyl sites for hydroxylation is 2. The van der Waals surface area contributed by atoms with E-state index in [0.29, 0.717) is 36.5 Å². The maximum atomic E-state index is 13.6. The van der Waals surface area contributed by atoms with E-state index in [0.717, 1.165) is 18.9 Å². The number of hydrogen-bond acceptors (Lipinski definition) is 6. The zero-order valence-electron chi connectivity index (χ0n) is 18.3. The van der Waals surface area contributed by atoms with E-state index in [-0.39, 0.29) is 23.6 Å². The summed E-state index contributed by atoms with van der Waals surface area (Å²) in [6, 6.07) is 5.76. The van der Waals surface area contributed by atoms with E-state index in [1.807, 2.05) is 11.8 Å². The molecule has 174 valence electrons. The molecular formula is C22H24F3N7O. The smallest absolute Gasteiger partial charge is 0.334 e. The number of nitrogens with zero attached hydrogens (tertiary/aromatic N) is 7. The van der Waals surface area contributed by atoms with E-state index in [4.69, 9.17) is 0 Å². The molecule has 4 rings (SSSR count). The van der Waals surface area contributed by atoms with Crippen LogP contribution in [-0.4, -0.2) is 53.6 Å². The summed E-state index contributed by atoms with van der Waals surface area (Å²) in [7, 11) is 0. The zero-order chi connectivity index (χ0) is 23.6. The Labute approximate surface area is 188 Å². The molecule has 0 aromatic carbocycles. The minimum Gasteiger partial charge on any atom is -0.334 e. The lowest BCUT2D eigenvalue weighted by atomic mass is 9.87. The van der Waals surface area contributed by atoms with Gasteiger partial charge in [0.2, 0.25) is 0 Å². The second kappa shape index (κ2) is 9.24. The normalized spacial score (nSPS) is 19.0. The minimum atomic E-state index is -4.52. The second-order valence-corrected chi connectivity index (χ2v) is 8.27. The molecule has 0 aliphatic carbocycles. The largest absolute Gasteiger partial charge is 0.435 e. The van der Waals surface area contributed by atoms with Gasteiger partial charge in [0.25, 0.3) is 5.91 Å². The van der Waals surface area contributed by atoms with Crippen molar-refractivity contribution < 1.29 is 18.0 Å². The number of carbonyl (C=O) groups excluding carboxylic acids is 1. The van der Waals surface area contributed by atoms with Gasteiger partial charge in [0.05, 0.1) is 18.1 Å². The number of likely N-dealkylation sites (tertiary alicyclic amines) is 1. The van der Waals surface area contributed by atoms with Crippen molar-refractivity contribution in [3.63, 3.8) is 0 Å². The van der Waals surface area contributed by atoms with E-state index in [2.05, 4.69) is 32.3 Å². The third-order valence-corrected chi connectivity index (χ3v) is 5.93. The fourth-order valence-electron chi connectivity index (χ4n) is 4.23. The first kappa shape index (κ1) is 22.8. The molecule has 1 aliphatic heterocycles. The number of hydrogen-bond donors (Lipinski definition) is 0. The van der Waals surface area contributed by atoms with Gasteiger partial charge < -0.3 is 4.90 Å². The van der Waals surface area contributed by atoms with Crippen LogP contribution in [0.3, 0.4) is 0 Å². The molecule has 1 saturated heterocycles. The van der Waals surface area contributed by atoms with Gasteiger partial charge >= 0.3 is 6.18 Å². The Balaban J connectivity index is 1.55. The van der Waals surface area contributed by atoms with Crippen LogP contribution in [0.4, 0.5) is 13.2 Å². The minimum absolute atomic E-state index is 0.101. The molecule has 0 saturated carbocycles. The highest BCUT2D eigenvalue weighted by Crippen LogP contribution is 2.30. The average Bonchev–Trinajstić information content (AvgIpc) is 3.32. The zero-order valence-corrected chi connectivity index (χ0v) is 18.3. The third kappa shape index (κ3) is 5.01. The highest BCUT2D eigenvalue weighted by atomic mass is 19.4. The summed E-state index contributed by atoms with van der Waals surface area (Å²) in [5.41, 5.74) is 0.930. The summed E-state index contributed by atoms with van der Waals surface area (Å²) in [5, 5.41) is 15.3. The number of rotatable bonds is 5. The molecule has 0 spiro atoms. The lowest BCUT2D eigenvalue weighted by Gasteiger charge is -2.40. The Hall–Kier alpha value is -3.37. The van der Waals surface area contributed by atoms with Gasteiger partial charge in [0, 0.05) is 18.3 Å². The first-order valence-electron chi connectivity index (χ1n) is 10.8. The molecule has 0 unspecified atom stereocenters. The molecule has 8 nitrogen and oxygen atoms in total. The van der Waals surface area contributed by atoms with Gasteiger partial charge in [-0.3, -0.25) is 4.79 Å². The summed E-state index contributed by atoms with van der Waals surface area (Å²) in [4.78, 5) is 21.3. The summed E-state index contributed by atoms with van der Waals surface area (Å²) in [6.45, 7) is 4.48. The van der Waals surface area contributed by atoms with Crippen LogP contribution in [0.15, 0.2) is 36.7 Å². The van der Waals surface area contributed by atoms with E-state index in [9.17, 15) is 18.0 Å². The first-order valence-corrected chi connectivity index (χ1v) is 10.8. The molecule has 1 fully saturated rings. The van der Waals surface area contributed by atoms with Crippen LogP contribution in [0.2, 0.25) is 0 Å². The Morgan fingerprint density at radius 2 is 1.88 bits per heavy atom. The SMILES string of the molecule is Cc1ccc(-n2nccn2)c(C(=O)N2CCC[C@@H](C)[C@H]2CCc2ccc(C(F)(F)F)nn2)n1. The van der Waals surface area contributed by atoms with E-state index in [1.54, 1.807) is 12.1 Å². The molecule has 1 aliphatic rings. The molecule has 11 heteroatoms. The Morgan fingerprint density at radius 1 is 1.12 bits per heavy atom. The highest BCUT2D eigenvalue weighted by Gasteiger charge is 2.35. The molecule has 2 atom stereocenters. The molecule has 0 bridgehead atoms. The number of aromatic nitrogens is 6. The number of pyridine rings is 1. The van der Waals surface area contributed by atoms with Crippen LogP contribution in [0, 0.1) is 12.8 Å². The molecule has 3 aromatic heterocycles. The summed E-state index contributed by atoms with van der Waals surface area (Å²) < 4.78 is 38.2. The molecule has 33 heavy (non-hydrogen) atoms. The van der Waals surface area contributed by atoms with Crippen LogP contribution >= 0.6 is 0 Å². The predicted octanol–water partition coefficient (Wildman–Crippen LogP) is 3.65. The van der Waals surface area contributed by atoms with Crippen LogP contribution in [-0.2, 0) is 12.6 Å². The molecule has 1 amide bonds. The van der Waals surface area contributed by atoms with Crippen LogP contribution in [0.5, 0.6) is 0 Å². The summed E-state index contributed by atoms with van der Waals surface area (Å²) in [6.07, 6.45) is 1.35. The van der Waals surface area contributed by atoms with Crippen molar-refractivity contribution in [2.45, 2.75) is 51.7 Å². The number of amides is 1. The average molecular weight is 459 g/mol. The van der Waals surface area contributed by atoms with E-state index < -0.39 is 11.9 Å². The van der Waals surface area contributed by atoms with Gasteiger partial charge in [-0.15, -0.1) is 9.90 Å². The van der Waals surface area contributed by atoms with Crippen molar-refractivity contribution in [1.82, 2.24) is 35.1 Å². The number of piperidine rings is 1. The maximum absolute atomic E-state index is 13.6. The second-order valence-electron chi connectivity index (χ2n) is 8.27. The first-order chi connectivity index (χ1) is 15.7. The van der Waals surface area contributed by atoms with Gasteiger partial charge in [-0.25, -0.2) is 4.98 Å². The maximum Gasteiger partial charge on any atom is 0.435 e. The van der Waals surface area contributed by atoms with Gasteiger partial charge in [-0.2, -0.15) is 28.5 Å². The fourth-order valence-corrected chi connectivity index (χ4v) is 4.23. The molecule has 4 heterocycles. The highest BCUT2D eigenvalue weighted by molar-refractivity contribution is 5.96. The number of carbonyl (C=O) groups is 1. The van der Waals surface area contributed by atoms with Crippen molar-refractivity contribution in [3.05, 3.63) is 59.4 Å². The Morgan fingerprint density at radius 3 is 2.55 bits per heavy atom. The topological polar surface area (TPSA) is 89.7 Å². The summed E-state index contributed by atoms with van der Waals surface area (Å²) >= 11 is 0. The van der Waals surface area contributed by atoms with Gasteiger partial charge in [0.1, 0.15) is 5.69 Å². The van der Waals surface area contributed by atoms with Crippen LogP contribution < -0.4 is 0 Å². The Bertz CT molecular complexity index is 1100. The van der Waals surface area contributed by atoms with Crippen LogP contribution in [0.1, 0.15) is 53.8 Å². The third-order valence-electron chi connectivity index (χ3n) is 5.93. The van der Waals surface area contributed by atoms with E-state index >= 15 is 0 Å². The van der Waals surface area contributed by atoms with Crippen molar-refractivity contribution in [1.29, 1.82) is 0 Å². The van der Waals surface area contributed by atoms with Crippen molar-refractivity contribution >= 4 is 5.91 Å². The lowest BCUT2D eigenvalue weighted by molar-refractivity contribution is -0.141. The standard InChI is InChI=1S/C22H24F3N7O/c1-14-4-3-13-31(17(14)9-6-16-7-10-19(30-29-16)22(23,24)25)21(33)20-18(8-5-15(2)28-20)32-26-11-12-27-32/h5,7-8,10-12,14,17H,3-4,6,9,13H2,1-2H3/t14-,17-/m1/s1. The number of alkyl halides is 3. The molecule has 3 aromatic rings. The summed E-state index contributed by atoms with van der Waals surface area (Å²) in [5.74, 6) is 0.0160. The van der Waals surface area contributed by atoms with Crippen molar-refractivity contribution in [3.8, 4) is 5.69 Å². The monoisotopic (exact) mass is 459 g/mol. The van der Waals surface area contributed by atoms with Gasteiger partial charge in [-0.05, 0) is 62.8 Å². The molecular weight excluding hydrogens is 435 g/mol. The van der Waals surface area contributed by atoms with E-state index in [1.165, 1.54) is 23.3 Å². The lowest BCUT2D eigenvalue weighted by Crippen LogP contribution is -2.48. The van der Waals surface area contributed by atoms with Crippen molar-refractivity contribution in [2.24, 2.45) is 5.92 Å². The van der Waals surface area contributed by atoms with Gasteiger partial charge in [0.15, 0.2) is 11.4 Å². The van der Waals surface area contributed by atoms with Gasteiger partial charge in [-0.1, -0.05) is 6.92 Å². The van der Waals surface area contributed by atoms with Crippen molar-refractivity contribution in [2.75, 3.05) is 6.54 Å². The number of halogens is 3. The van der Waals surface area contributed by atoms with Crippen LogP contribution in [0.25, 0.3) is 5.69 Å². The Kier molecular flexibility index (Phi) is 6.39. The quantitative estimate of drug-likeness (QED) is 0.579.